The molecule has 0 radical (unpaired) electrons. The Kier molecular flexibility index (Phi) is 14.0. The van der Waals surface area contributed by atoms with Gasteiger partial charge in [-0.15, -0.1) is 0 Å². The first-order chi connectivity index (χ1) is 22.9. The molecule has 4 aromatic carbocycles. The van der Waals surface area contributed by atoms with Gasteiger partial charge in [0.15, 0.2) is 6.23 Å². The van der Waals surface area contributed by atoms with Crippen molar-refractivity contribution in [1.29, 1.82) is 0 Å². The summed E-state index contributed by atoms with van der Waals surface area (Å²) in [5.41, 5.74) is 0.631. The third-order valence-corrected chi connectivity index (χ3v) is 6.98. The highest BCUT2D eigenvalue weighted by atomic mass is 35.5. The molecule has 250 valence electrons. The molecule has 5 aromatic rings. The van der Waals surface area contributed by atoms with Crippen LogP contribution < -0.4 is 5.56 Å². The van der Waals surface area contributed by atoms with Crippen molar-refractivity contribution in [3.05, 3.63) is 154 Å². The minimum atomic E-state index is -1.29. The number of carboxylic acid groups (broad SMARTS) is 3. The first-order valence-electron chi connectivity index (χ1n) is 14.2. The van der Waals surface area contributed by atoms with E-state index in [2.05, 4.69) is 0 Å². The zero-order chi connectivity index (χ0) is 35.2. The molecular weight excluding hydrogens is 646 g/mol. The quantitative estimate of drug-likeness (QED) is 0.154. The fourth-order valence-corrected chi connectivity index (χ4v) is 4.47. The van der Waals surface area contributed by atoms with E-state index in [0.29, 0.717) is 32.5 Å². The average molecular weight is 678 g/mol. The van der Waals surface area contributed by atoms with Gasteiger partial charge < -0.3 is 35.4 Å². The number of nitrogens with zero attached hydrogens (tertiary/aromatic N) is 1. The summed E-state index contributed by atoms with van der Waals surface area (Å²) >= 11 is 5.88. The molecule has 1 aromatic heterocycles. The summed E-state index contributed by atoms with van der Waals surface area (Å²) in [6.07, 6.45) is -3.01. The SMILES string of the molecule is O=C(O)c1ccccc1.O=C(O)c1ccccc1.O=C(O)c1ccccc1.O=c1c2ccc(Cl)cc2ccn1[C@@H]1O[C@H](CO)[C@@H](O)[C@H]1O. The van der Waals surface area contributed by atoms with Crippen molar-refractivity contribution < 1.29 is 49.8 Å². The van der Waals surface area contributed by atoms with Crippen molar-refractivity contribution in [2.24, 2.45) is 0 Å². The molecule has 1 saturated heterocycles. The van der Waals surface area contributed by atoms with E-state index in [1.807, 2.05) is 0 Å². The number of carbonyl (C=O) groups is 3. The molecule has 0 saturated carbocycles. The van der Waals surface area contributed by atoms with E-state index >= 15 is 0 Å². The fraction of sp³-hybridized carbons (Fsp3) is 0.143. The van der Waals surface area contributed by atoms with Crippen molar-refractivity contribution in [2.45, 2.75) is 24.5 Å². The largest absolute Gasteiger partial charge is 0.478 e. The maximum atomic E-state index is 12.5. The Hall–Kier alpha value is -5.37. The standard InChI is InChI=1S/C14H14ClNO5.3C7H6O2/c15-8-1-2-9-7(5-8)3-4-16(13(9)20)14-12(19)11(18)10(6-17)21-14;3*8-7(9)6-4-2-1-3-5-6/h1-5,10-12,14,17-19H,6H2;3*1-5H,(H,8,9)/t10-,11-,12-,14-;;;/m1.../s1. The van der Waals surface area contributed by atoms with Crippen molar-refractivity contribution in [2.75, 3.05) is 6.61 Å². The van der Waals surface area contributed by atoms with Crippen molar-refractivity contribution in [3.8, 4) is 0 Å². The zero-order valence-electron chi connectivity index (χ0n) is 25.1. The normalized spacial score (nSPS) is 17.8. The number of rotatable bonds is 5. The van der Waals surface area contributed by atoms with E-state index in [1.54, 1.807) is 115 Å². The number of hydrogen-bond donors (Lipinski definition) is 6. The Morgan fingerprint density at radius 2 is 1.10 bits per heavy atom. The molecule has 1 aliphatic rings. The van der Waals surface area contributed by atoms with E-state index in [4.69, 9.17) is 36.8 Å². The van der Waals surface area contributed by atoms with E-state index in [0.717, 1.165) is 0 Å². The summed E-state index contributed by atoms with van der Waals surface area (Å²) in [6, 6.07) is 31.4. The highest BCUT2D eigenvalue weighted by Crippen LogP contribution is 2.29. The Bertz CT molecular complexity index is 1730. The summed E-state index contributed by atoms with van der Waals surface area (Å²) in [4.78, 5) is 43.1. The third-order valence-electron chi connectivity index (χ3n) is 6.75. The lowest BCUT2D eigenvalue weighted by Crippen LogP contribution is -2.35. The first kappa shape index (κ1) is 37.1. The van der Waals surface area contributed by atoms with Gasteiger partial charge in [-0.05, 0) is 66.0 Å². The second-order valence-corrected chi connectivity index (χ2v) is 10.4. The number of aliphatic hydroxyl groups excluding tert-OH is 3. The number of aromatic carboxylic acids is 3. The van der Waals surface area contributed by atoms with Gasteiger partial charge in [-0.1, -0.05) is 66.2 Å². The molecule has 0 bridgehead atoms. The van der Waals surface area contributed by atoms with Crippen molar-refractivity contribution in [3.63, 3.8) is 0 Å². The smallest absolute Gasteiger partial charge is 0.335 e. The predicted octanol–water partition coefficient (Wildman–Crippen LogP) is 4.42. The maximum absolute atomic E-state index is 12.5. The zero-order valence-corrected chi connectivity index (χ0v) is 25.9. The first-order valence-corrected chi connectivity index (χ1v) is 14.6. The topological polar surface area (TPSA) is 204 Å². The molecule has 0 amide bonds. The van der Waals surface area contributed by atoms with Gasteiger partial charge in [0.2, 0.25) is 0 Å². The minimum Gasteiger partial charge on any atom is -0.478 e. The van der Waals surface area contributed by atoms with Crippen LogP contribution in [0.15, 0.2) is 126 Å². The summed E-state index contributed by atoms with van der Waals surface area (Å²) in [6.45, 7) is -0.438. The van der Waals surface area contributed by atoms with Crippen LogP contribution in [0.3, 0.4) is 0 Å². The molecule has 0 spiro atoms. The molecule has 0 unspecified atom stereocenters. The van der Waals surface area contributed by atoms with Crippen molar-refractivity contribution >= 4 is 40.3 Å². The number of hydrogen-bond acceptors (Lipinski definition) is 8. The van der Waals surface area contributed by atoms with Crippen LogP contribution in [0, 0.1) is 0 Å². The van der Waals surface area contributed by atoms with Gasteiger partial charge in [-0.2, -0.15) is 0 Å². The second-order valence-electron chi connectivity index (χ2n) is 10.0. The van der Waals surface area contributed by atoms with Crippen molar-refractivity contribution in [1.82, 2.24) is 4.57 Å². The van der Waals surface area contributed by atoms with Gasteiger partial charge in [0, 0.05) is 16.6 Å². The Morgan fingerprint density at radius 1 is 0.667 bits per heavy atom. The lowest BCUT2D eigenvalue weighted by atomic mass is 10.1. The number of benzene rings is 4. The van der Waals surface area contributed by atoms with Gasteiger partial charge in [-0.3, -0.25) is 9.36 Å². The lowest BCUT2D eigenvalue weighted by molar-refractivity contribution is -0.0541. The predicted molar refractivity (Wildman–Crippen MR) is 176 cm³/mol. The van der Waals surface area contributed by atoms with Gasteiger partial charge in [-0.25, -0.2) is 14.4 Å². The molecule has 6 rings (SSSR count). The highest BCUT2D eigenvalue weighted by molar-refractivity contribution is 6.31. The summed E-state index contributed by atoms with van der Waals surface area (Å²) in [7, 11) is 0. The molecule has 1 fully saturated rings. The molecule has 13 heteroatoms. The average Bonchev–Trinajstić information content (AvgIpc) is 3.39. The summed E-state index contributed by atoms with van der Waals surface area (Å²) in [5.74, 6) is -2.64. The molecule has 12 nitrogen and oxygen atoms in total. The van der Waals surface area contributed by atoms with Crippen LogP contribution in [-0.2, 0) is 4.74 Å². The highest BCUT2D eigenvalue weighted by Gasteiger charge is 2.43. The Balaban J connectivity index is 0.000000193. The van der Waals surface area contributed by atoms with E-state index in [9.17, 15) is 29.4 Å². The van der Waals surface area contributed by atoms with Crippen LogP contribution in [0.5, 0.6) is 0 Å². The Morgan fingerprint density at radius 3 is 1.46 bits per heavy atom. The fourth-order valence-electron chi connectivity index (χ4n) is 4.29. The molecular formula is C35H32ClNO11. The molecule has 48 heavy (non-hydrogen) atoms. The second kappa shape index (κ2) is 18.1. The summed E-state index contributed by atoms with van der Waals surface area (Å²) < 4.78 is 6.57. The number of carboxylic acids is 3. The van der Waals surface area contributed by atoms with E-state index < -0.39 is 49.1 Å². The van der Waals surface area contributed by atoms with Gasteiger partial charge in [0.05, 0.1) is 23.3 Å². The molecule has 6 N–H and O–H groups in total. The number of aliphatic hydroxyl groups is 3. The van der Waals surface area contributed by atoms with Crippen LogP contribution in [0.1, 0.15) is 37.3 Å². The van der Waals surface area contributed by atoms with E-state index in [-0.39, 0.29) is 5.56 Å². The van der Waals surface area contributed by atoms with Crippen LogP contribution >= 0.6 is 11.6 Å². The lowest BCUT2D eigenvalue weighted by Gasteiger charge is -2.18. The number of halogens is 1. The summed E-state index contributed by atoms with van der Waals surface area (Å²) in [5, 5.41) is 55.6. The van der Waals surface area contributed by atoms with Crippen LogP contribution in [0.4, 0.5) is 0 Å². The molecule has 4 atom stereocenters. The monoisotopic (exact) mass is 677 g/mol. The molecule has 0 aliphatic carbocycles. The van der Waals surface area contributed by atoms with Crippen LogP contribution in [0.2, 0.25) is 5.02 Å². The number of ether oxygens (including phenoxy) is 1. The van der Waals surface area contributed by atoms with Gasteiger partial charge in [0.1, 0.15) is 18.3 Å². The minimum absolute atomic E-state index is 0.331. The van der Waals surface area contributed by atoms with E-state index in [1.165, 1.54) is 10.8 Å². The molecule has 2 heterocycles. The third kappa shape index (κ3) is 10.3. The number of aromatic nitrogens is 1. The number of fused-ring (bicyclic) bond motifs is 1. The molecule has 1 aliphatic heterocycles. The Labute approximate surface area is 278 Å². The van der Waals surface area contributed by atoms with Crippen LogP contribution in [-0.4, -0.2) is 78.0 Å². The van der Waals surface area contributed by atoms with Crippen LogP contribution in [0.25, 0.3) is 10.8 Å². The van der Waals surface area contributed by atoms with Gasteiger partial charge in [0.25, 0.3) is 5.56 Å². The number of pyridine rings is 1. The van der Waals surface area contributed by atoms with Gasteiger partial charge >= 0.3 is 17.9 Å². The maximum Gasteiger partial charge on any atom is 0.335 e.